The van der Waals surface area contributed by atoms with Gasteiger partial charge in [0.2, 0.25) is 5.91 Å². The molecule has 1 amide bonds. The van der Waals surface area contributed by atoms with Gasteiger partial charge in [0.1, 0.15) is 0 Å². The molecule has 168 valence electrons. The van der Waals surface area contributed by atoms with Gasteiger partial charge in [-0.1, -0.05) is 36.4 Å². The van der Waals surface area contributed by atoms with Crippen LogP contribution in [0.5, 0.6) is 0 Å². The summed E-state index contributed by atoms with van der Waals surface area (Å²) in [6, 6.07) is 13.1. The van der Waals surface area contributed by atoms with Crippen LogP contribution >= 0.6 is 0 Å². The van der Waals surface area contributed by atoms with Crippen molar-refractivity contribution in [1.29, 1.82) is 0 Å². The molecule has 3 heterocycles. The summed E-state index contributed by atoms with van der Waals surface area (Å²) < 4.78 is 1.86. The van der Waals surface area contributed by atoms with Crippen LogP contribution in [0.2, 0.25) is 0 Å². The summed E-state index contributed by atoms with van der Waals surface area (Å²) >= 11 is 0. The minimum atomic E-state index is -0.481. The maximum atomic E-state index is 13.3. The van der Waals surface area contributed by atoms with Crippen LogP contribution in [0.3, 0.4) is 0 Å². The number of aromatic nitrogens is 1. The van der Waals surface area contributed by atoms with Crippen LogP contribution in [0.15, 0.2) is 53.3 Å². The Labute approximate surface area is 188 Å². The Kier molecular flexibility index (Phi) is 5.74. The normalized spacial score (nSPS) is 27.4. The molecule has 3 aliphatic rings. The summed E-state index contributed by atoms with van der Waals surface area (Å²) in [5.74, 6) is -0.321. The largest absolute Gasteiger partial charge is 0.396 e. The van der Waals surface area contributed by atoms with Gasteiger partial charge in [-0.25, -0.2) is 0 Å². The lowest BCUT2D eigenvalue weighted by Crippen LogP contribution is -2.46. The smallest absolute Gasteiger partial charge is 0.258 e. The molecule has 1 saturated heterocycles. The Morgan fingerprint density at radius 1 is 1.22 bits per heavy atom. The number of allylic oxidation sites excluding steroid dienone is 2. The molecule has 0 spiro atoms. The maximum Gasteiger partial charge on any atom is 0.258 e. The van der Waals surface area contributed by atoms with Gasteiger partial charge in [-0.2, -0.15) is 0 Å². The molecule has 2 aromatic rings. The molecule has 2 aliphatic heterocycles. The Balaban J connectivity index is 1.37. The van der Waals surface area contributed by atoms with E-state index in [1.54, 1.807) is 0 Å². The highest BCUT2D eigenvalue weighted by Crippen LogP contribution is 2.43. The number of carbonyl (C=O) groups is 1. The Morgan fingerprint density at radius 3 is 2.75 bits per heavy atom. The first kappa shape index (κ1) is 21.2. The lowest BCUT2D eigenvalue weighted by molar-refractivity contribution is -0.125. The molecule has 5 atom stereocenters. The van der Waals surface area contributed by atoms with Crippen LogP contribution in [0, 0.1) is 11.8 Å². The predicted molar refractivity (Wildman–Crippen MR) is 124 cm³/mol. The summed E-state index contributed by atoms with van der Waals surface area (Å²) in [4.78, 5) is 26.4. The molecule has 5 rings (SSSR count). The van der Waals surface area contributed by atoms with Gasteiger partial charge in [0.15, 0.2) is 0 Å². The third-order valence-electron chi connectivity index (χ3n) is 7.47. The van der Waals surface area contributed by atoms with Crippen molar-refractivity contribution < 1.29 is 9.90 Å². The van der Waals surface area contributed by atoms with Crippen molar-refractivity contribution in [3.8, 4) is 0 Å². The van der Waals surface area contributed by atoms with Crippen molar-refractivity contribution in [3.05, 3.63) is 75.7 Å². The number of benzene rings is 1. The average molecular weight is 434 g/mol. The number of rotatable bonds is 5. The summed E-state index contributed by atoms with van der Waals surface area (Å²) in [6.45, 7) is 2.41. The Hall–Kier alpha value is -2.70. The summed E-state index contributed by atoms with van der Waals surface area (Å²) in [5.41, 5.74) is 3.99. The third kappa shape index (κ3) is 3.61. The highest BCUT2D eigenvalue weighted by Gasteiger charge is 2.50. The van der Waals surface area contributed by atoms with E-state index in [4.69, 9.17) is 0 Å². The minimum absolute atomic E-state index is 0.0195. The summed E-state index contributed by atoms with van der Waals surface area (Å²) in [6.07, 6.45) is 6.51. The molecule has 1 fully saturated rings. The SMILES string of the molecule is C[C@@H](NC(=O)[C@H]1N[C@H]2c3ccc(C4=CCCCC4)c(=O)n3C[C@H]2[C@@H]1CO)c1ccccc1. The van der Waals surface area contributed by atoms with Crippen molar-refractivity contribution in [1.82, 2.24) is 15.2 Å². The van der Waals surface area contributed by atoms with E-state index in [1.807, 2.05) is 54.0 Å². The van der Waals surface area contributed by atoms with Gasteiger partial charge < -0.3 is 15.0 Å². The molecule has 0 saturated carbocycles. The molecule has 3 N–H and O–H groups in total. The van der Waals surface area contributed by atoms with Crippen LogP contribution in [-0.2, 0) is 11.3 Å². The fourth-order valence-corrected chi connectivity index (χ4v) is 5.71. The van der Waals surface area contributed by atoms with E-state index < -0.39 is 6.04 Å². The van der Waals surface area contributed by atoms with Gasteiger partial charge in [0.25, 0.3) is 5.56 Å². The van der Waals surface area contributed by atoms with Gasteiger partial charge in [0, 0.05) is 36.2 Å². The van der Waals surface area contributed by atoms with E-state index in [0.29, 0.717) is 6.54 Å². The number of hydrogen-bond acceptors (Lipinski definition) is 4. The van der Waals surface area contributed by atoms with E-state index in [2.05, 4.69) is 16.7 Å². The van der Waals surface area contributed by atoms with E-state index in [9.17, 15) is 14.7 Å². The van der Waals surface area contributed by atoms with Crippen molar-refractivity contribution in [2.75, 3.05) is 6.61 Å². The summed E-state index contributed by atoms with van der Waals surface area (Å²) in [5, 5.41) is 16.7. The molecule has 0 bridgehead atoms. The van der Waals surface area contributed by atoms with Gasteiger partial charge in [0.05, 0.1) is 18.1 Å². The number of aliphatic hydroxyl groups is 1. The minimum Gasteiger partial charge on any atom is -0.396 e. The van der Waals surface area contributed by atoms with E-state index in [-0.39, 0.29) is 42.0 Å². The molecule has 1 aromatic heterocycles. The zero-order valence-corrected chi connectivity index (χ0v) is 18.5. The van der Waals surface area contributed by atoms with Crippen molar-refractivity contribution in [3.63, 3.8) is 0 Å². The number of aliphatic hydroxyl groups excluding tert-OH is 1. The van der Waals surface area contributed by atoms with Gasteiger partial charge >= 0.3 is 0 Å². The van der Waals surface area contributed by atoms with Gasteiger partial charge in [-0.3, -0.25) is 14.9 Å². The van der Waals surface area contributed by atoms with Crippen LogP contribution < -0.4 is 16.2 Å². The fraction of sp³-hybridized carbons (Fsp3) is 0.462. The van der Waals surface area contributed by atoms with Gasteiger partial charge in [-0.05, 0) is 55.9 Å². The Morgan fingerprint density at radius 2 is 2.03 bits per heavy atom. The van der Waals surface area contributed by atoms with Gasteiger partial charge in [-0.15, -0.1) is 0 Å². The molecule has 6 nitrogen and oxygen atoms in total. The second-order valence-corrected chi connectivity index (χ2v) is 9.34. The number of hydrogen-bond donors (Lipinski definition) is 3. The first-order valence-electron chi connectivity index (χ1n) is 11.7. The topological polar surface area (TPSA) is 83.4 Å². The molecule has 32 heavy (non-hydrogen) atoms. The lowest BCUT2D eigenvalue weighted by atomic mass is 9.88. The quantitative estimate of drug-likeness (QED) is 0.677. The van der Waals surface area contributed by atoms with Crippen LogP contribution in [0.25, 0.3) is 5.57 Å². The third-order valence-corrected chi connectivity index (χ3v) is 7.47. The van der Waals surface area contributed by atoms with Crippen LogP contribution in [0.4, 0.5) is 0 Å². The lowest BCUT2D eigenvalue weighted by Gasteiger charge is -2.23. The molecular formula is C26H31N3O3. The maximum absolute atomic E-state index is 13.3. The molecule has 1 aromatic carbocycles. The zero-order valence-electron chi connectivity index (χ0n) is 18.5. The average Bonchev–Trinajstić information content (AvgIpc) is 3.37. The second-order valence-electron chi connectivity index (χ2n) is 9.34. The van der Waals surface area contributed by atoms with Crippen molar-refractivity contribution >= 4 is 11.5 Å². The fourth-order valence-electron chi connectivity index (χ4n) is 5.71. The van der Waals surface area contributed by atoms with E-state index in [0.717, 1.165) is 41.7 Å². The molecule has 0 unspecified atom stereocenters. The highest BCUT2D eigenvalue weighted by atomic mass is 16.3. The summed E-state index contributed by atoms with van der Waals surface area (Å²) in [7, 11) is 0. The van der Waals surface area contributed by atoms with Crippen LogP contribution in [-0.4, -0.2) is 28.2 Å². The highest BCUT2D eigenvalue weighted by molar-refractivity contribution is 5.83. The Bertz CT molecular complexity index is 1090. The second kappa shape index (κ2) is 8.68. The molecule has 0 radical (unpaired) electrons. The number of nitrogens with one attached hydrogen (secondary N) is 2. The standard InChI is InChI=1S/C26H31N3O3/c1-16(17-8-4-2-5-9-17)27-25(31)24-21(15-30)20-14-29-22(23(20)28-24)13-12-19(26(29)32)18-10-6-3-7-11-18/h2,4-5,8-10,12-13,16,20-21,23-24,28,30H,3,6-7,11,14-15H2,1H3,(H,27,31)/t16-,20+,21+,23-,24+/m1/s1. The van der Waals surface area contributed by atoms with Crippen LogP contribution in [0.1, 0.15) is 61.5 Å². The van der Waals surface area contributed by atoms with E-state index in [1.165, 1.54) is 6.42 Å². The number of nitrogens with zero attached hydrogens (tertiary/aromatic N) is 1. The zero-order chi connectivity index (χ0) is 22.2. The molecule has 1 aliphatic carbocycles. The molecule has 6 heteroatoms. The van der Waals surface area contributed by atoms with E-state index >= 15 is 0 Å². The number of amides is 1. The first-order chi connectivity index (χ1) is 15.6. The monoisotopic (exact) mass is 433 g/mol. The number of pyridine rings is 1. The van der Waals surface area contributed by atoms with Crippen molar-refractivity contribution in [2.45, 2.75) is 57.3 Å². The number of carbonyl (C=O) groups excluding carboxylic acids is 1. The van der Waals surface area contributed by atoms with Crippen molar-refractivity contribution in [2.24, 2.45) is 11.8 Å². The number of fused-ring (bicyclic) bond motifs is 3. The molecular weight excluding hydrogens is 402 g/mol. The predicted octanol–water partition coefficient (Wildman–Crippen LogP) is 2.93. The first-order valence-corrected chi connectivity index (χ1v) is 11.7.